The molecular weight excluding hydrogens is 344 g/mol. The smallest absolute Gasteiger partial charge is 0.263 e. The number of amides is 1. The largest absolute Gasteiger partial charge is 0.511 e. The van der Waals surface area contributed by atoms with Gasteiger partial charge in [0, 0.05) is 64.1 Å². The van der Waals surface area contributed by atoms with E-state index in [0.717, 1.165) is 45.0 Å². The maximum Gasteiger partial charge on any atom is 0.263 e. The van der Waals surface area contributed by atoms with Crippen LogP contribution in [0.3, 0.4) is 0 Å². The molecule has 0 spiro atoms. The Hall–Kier alpha value is -2.22. The first-order valence-electron chi connectivity index (χ1n) is 9.53. The van der Waals surface area contributed by atoms with Crippen molar-refractivity contribution in [3.05, 3.63) is 41.7 Å². The van der Waals surface area contributed by atoms with Crippen molar-refractivity contribution in [1.82, 2.24) is 9.80 Å². The van der Waals surface area contributed by atoms with Gasteiger partial charge in [-0.15, -0.1) is 0 Å². The van der Waals surface area contributed by atoms with Gasteiger partial charge in [-0.2, -0.15) is 0 Å². The highest BCUT2D eigenvalue weighted by atomic mass is 16.3. The summed E-state index contributed by atoms with van der Waals surface area (Å²) in [5.41, 5.74) is 1.12. The number of hydrogen-bond donors (Lipinski definition) is 2. The molecule has 1 amide bonds. The topological polar surface area (TPSA) is 79.6 Å². The highest BCUT2D eigenvalue weighted by Crippen LogP contribution is 2.22. The summed E-state index contributed by atoms with van der Waals surface area (Å²) in [6.45, 7) is 6.68. The second-order valence-corrected chi connectivity index (χ2v) is 6.84. The lowest BCUT2D eigenvalue weighted by Gasteiger charge is -2.33. The number of anilines is 1. The summed E-state index contributed by atoms with van der Waals surface area (Å²) in [6.07, 6.45) is 1.96. The average molecular weight is 372 g/mol. The van der Waals surface area contributed by atoms with Crippen molar-refractivity contribution in [2.24, 2.45) is 4.99 Å². The SMILES string of the molecule is O=C1C(C=NCCN2CCN(CCO)CC2)=C(O)CCN1c1ccccc1. The molecule has 3 rings (SSSR count). The average Bonchev–Trinajstić information content (AvgIpc) is 2.69. The quantitative estimate of drug-likeness (QED) is 0.696. The molecule has 0 atom stereocenters. The van der Waals surface area contributed by atoms with Gasteiger partial charge in [0.2, 0.25) is 0 Å². The van der Waals surface area contributed by atoms with Crippen LogP contribution in [0.15, 0.2) is 46.7 Å². The standard InChI is InChI=1S/C20H28N4O3/c25-15-14-23-12-10-22(11-13-23)9-7-21-16-18-19(26)6-8-24(20(18)27)17-4-2-1-3-5-17/h1-5,16,25-26H,6-15H2. The molecule has 0 aromatic heterocycles. The Morgan fingerprint density at radius 3 is 2.33 bits per heavy atom. The first-order chi connectivity index (χ1) is 13.2. The van der Waals surface area contributed by atoms with Crippen LogP contribution in [0.4, 0.5) is 5.69 Å². The number of hydrogen-bond acceptors (Lipinski definition) is 6. The molecule has 1 aromatic carbocycles. The molecule has 1 fully saturated rings. The third-order valence-electron chi connectivity index (χ3n) is 5.07. The molecule has 2 heterocycles. The Balaban J connectivity index is 1.51. The van der Waals surface area contributed by atoms with E-state index in [-0.39, 0.29) is 23.8 Å². The zero-order valence-electron chi connectivity index (χ0n) is 15.6. The number of piperazine rings is 1. The van der Waals surface area contributed by atoms with Crippen LogP contribution in [0.5, 0.6) is 0 Å². The Kier molecular flexibility index (Phi) is 6.98. The van der Waals surface area contributed by atoms with Crippen molar-refractivity contribution in [2.75, 3.05) is 63.9 Å². The molecule has 0 radical (unpaired) electrons. The Morgan fingerprint density at radius 2 is 1.67 bits per heavy atom. The van der Waals surface area contributed by atoms with Crippen molar-refractivity contribution >= 4 is 17.8 Å². The van der Waals surface area contributed by atoms with E-state index in [1.54, 1.807) is 4.90 Å². The summed E-state index contributed by atoms with van der Waals surface area (Å²) in [6, 6.07) is 9.50. The Bertz CT molecular complexity index is 682. The van der Waals surface area contributed by atoms with Gasteiger partial charge in [-0.25, -0.2) is 0 Å². The first kappa shape index (κ1) is 19.5. The third-order valence-corrected chi connectivity index (χ3v) is 5.07. The van der Waals surface area contributed by atoms with E-state index in [1.165, 1.54) is 6.21 Å². The van der Waals surface area contributed by atoms with E-state index in [1.807, 2.05) is 30.3 Å². The Labute approximate surface area is 160 Å². The molecule has 0 unspecified atom stereocenters. The van der Waals surface area contributed by atoms with Gasteiger partial charge in [0.05, 0.1) is 18.7 Å². The number of carbonyl (C=O) groups excluding carboxylic acids is 1. The monoisotopic (exact) mass is 372 g/mol. The number of rotatable bonds is 7. The predicted octanol–water partition coefficient (Wildman–Crippen LogP) is 0.916. The number of carbonyl (C=O) groups is 1. The number of β-amino-alcohol motifs (C(OH)–C–C–N with tert-alkyl or cyclic N) is 1. The van der Waals surface area contributed by atoms with Crippen molar-refractivity contribution in [2.45, 2.75) is 6.42 Å². The number of nitrogens with zero attached hydrogens (tertiary/aromatic N) is 4. The van der Waals surface area contributed by atoms with Gasteiger partial charge in [-0.05, 0) is 12.1 Å². The highest BCUT2D eigenvalue weighted by Gasteiger charge is 2.27. The molecule has 2 aliphatic heterocycles. The van der Waals surface area contributed by atoms with Crippen molar-refractivity contribution < 1.29 is 15.0 Å². The number of aliphatic hydroxyl groups excluding tert-OH is 2. The second kappa shape index (κ2) is 9.64. The maximum absolute atomic E-state index is 12.7. The fourth-order valence-electron chi connectivity index (χ4n) is 3.44. The van der Waals surface area contributed by atoms with Gasteiger partial charge in [0.25, 0.3) is 5.91 Å². The van der Waals surface area contributed by atoms with Gasteiger partial charge in [0.15, 0.2) is 0 Å². The number of para-hydroxylation sites is 1. The molecule has 2 aliphatic rings. The molecule has 7 nitrogen and oxygen atoms in total. The molecule has 146 valence electrons. The highest BCUT2D eigenvalue weighted by molar-refractivity contribution is 6.19. The zero-order chi connectivity index (χ0) is 19.1. The second-order valence-electron chi connectivity index (χ2n) is 6.84. The first-order valence-corrected chi connectivity index (χ1v) is 9.53. The lowest BCUT2D eigenvalue weighted by Crippen LogP contribution is -2.47. The maximum atomic E-state index is 12.7. The summed E-state index contributed by atoms with van der Waals surface area (Å²) in [4.78, 5) is 23.4. The van der Waals surface area contributed by atoms with Crippen LogP contribution in [-0.2, 0) is 4.79 Å². The minimum absolute atomic E-state index is 0.119. The zero-order valence-corrected chi connectivity index (χ0v) is 15.6. The third kappa shape index (κ3) is 5.15. The van der Waals surface area contributed by atoms with Crippen LogP contribution in [0, 0.1) is 0 Å². The lowest BCUT2D eigenvalue weighted by molar-refractivity contribution is -0.115. The van der Waals surface area contributed by atoms with Gasteiger partial charge in [-0.3, -0.25) is 19.6 Å². The fraction of sp³-hybridized carbons (Fsp3) is 0.500. The van der Waals surface area contributed by atoms with E-state index in [2.05, 4.69) is 14.8 Å². The molecule has 0 bridgehead atoms. The summed E-state index contributed by atoms with van der Waals surface area (Å²) in [5, 5.41) is 19.1. The minimum atomic E-state index is -0.202. The van der Waals surface area contributed by atoms with E-state index in [9.17, 15) is 9.90 Å². The van der Waals surface area contributed by atoms with E-state index >= 15 is 0 Å². The summed E-state index contributed by atoms with van der Waals surface area (Å²) in [5.74, 6) is -0.0835. The number of aliphatic hydroxyl groups is 2. The fourth-order valence-corrected chi connectivity index (χ4v) is 3.44. The van der Waals surface area contributed by atoms with Crippen molar-refractivity contribution in [3.63, 3.8) is 0 Å². The molecule has 1 aromatic rings. The van der Waals surface area contributed by atoms with E-state index < -0.39 is 0 Å². The van der Waals surface area contributed by atoms with Gasteiger partial charge in [0.1, 0.15) is 5.76 Å². The molecule has 1 saturated heterocycles. The van der Waals surface area contributed by atoms with Crippen LogP contribution in [0.25, 0.3) is 0 Å². The van der Waals surface area contributed by atoms with E-state index in [4.69, 9.17) is 5.11 Å². The van der Waals surface area contributed by atoms with Gasteiger partial charge >= 0.3 is 0 Å². The van der Waals surface area contributed by atoms with Crippen molar-refractivity contribution in [3.8, 4) is 0 Å². The van der Waals surface area contributed by atoms with Crippen LogP contribution >= 0.6 is 0 Å². The van der Waals surface area contributed by atoms with Crippen LogP contribution in [0.2, 0.25) is 0 Å². The molecule has 27 heavy (non-hydrogen) atoms. The summed E-state index contributed by atoms with van der Waals surface area (Å²) >= 11 is 0. The Morgan fingerprint density at radius 1 is 1.00 bits per heavy atom. The van der Waals surface area contributed by atoms with Crippen molar-refractivity contribution in [1.29, 1.82) is 0 Å². The number of aliphatic imine (C=N–C) groups is 1. The van der Waals surface area contributed by atoms with Crippen LogP contribution in [0.1, 0.15) is 6.42 Å². The molecule has 7 heteroatoms. The molecule has 0 saturated carbocycles. The van der Waals surface area contributed by atoms with Crippen LogP contribution < -0.4 is 4.90 Å². The van der Waals surface area contributed by atoms with Crippen LogP contribution in [-0.4, -0.2) is 91.1 Å². The molecular formula is C20H28N4O3. The summed E-state index contributed by atoms with van der Waals surface area (Å²) < 4.78 is 0. The lowest BCUT2D eigenvalue weighted by atomic mass is 10.1. The summed E-state index contributed by atoms with van der Waals surface area (Å²) in [7, 11) is 0. The van der Waals surface area contributed by atoms with E-state index in [0.29, 0.717) is 19.5 Å². The normalized spacial score (nSPS) is 20.0. The molecule has 2 N–H and O–H groups in total. The molecule has 0 aliphatic carbocycles. The van der Waals surface area contributed by atoms with Gasteiger partial charge in [-0.1, -0.05) is 18.2 Å². The van der Waals surface area contributed by atoms with Gasteiger partial charge < -0.3 is 15.1 Å². The predicted molar refractivity (Wildman–Crippen MR) is 106 cm³/mol. The number of benzene rings is 1. The minimum Gasteiger partial charge on any atom is -0.511 e.